The van der Waals surface area contributed by atoms with E-state index in [1.54, 1.807) is 6.20 Å². The zero-order valence-electron chi connectivity index (χ0n) is 12.8. The standard InChI is InChI=1S/C14H19F3N4Si/c1-4-22(5-2,6-3)10-7-8-18-11(9-10)12-19-13(21-20-12)14(15,16)17/h7-9H,4-6H2,1-3H3,(H,19,20,21). The van der Waals surface area contributed by atoms with E-state index in [0.717, 1.165) is 18.1 Å². The minimum atomic E-state index is -4.53. The summed E-state index contributed by atoms with van der Waals surface area (Å²) in [6.45, 7) is 6.52. The van der Waals surface area contributed by atoms with Gasteiger partial charge in [-0.05, 0) is 12.1 Å². The third-order valence-corrected chi connectivity index (χ3v) is 9.98. The van der Waals surface area contributed by atoms with Crippen LogP contribution in [0.5, 0.6) is 0 Å². The summed E-state index contributed by atoms with van der Waals surface area (Å²) in [6, 6.07) is 7.09. The molecule has 0 aliphatic rings. The van der Waals surface area contributed by atoms with Crippen molar-refractivity contribution >= 4 is 13.3 Å². The monoisotopic (exact) mass is 328 g/mol. The van der Waals surface area contributed by atoms with Gasteiger partial charge in [-0.15, -0.1) is 0 Å². The van der Waals surface area contributed by atoms with Crippen molar-refractivity contribution in [3.8, 4) is 11.5 Å². The molecular weight excluding hydrogens is 309 g/mol. The molecule has 0 amide bonds. The third-order valence-electron chi connectivity index (χ3n) is 4.39. The van der Waals surface area contributed by atoms with Gasteiger partial charge in [-0.3, -0.25) is 10.1 Å². The van der Waals surface area contributed by atoms with E-state index in [4.69, 9.17) is 0 Å². The van der Waals surface area contributed by atoms with Crippen LogP contribution in [0.2, 0.25) is 18.1 Å². The molecule has 1 N–H and O–H groups in total. The summed E-state index contributed by atoms with van der Waals surface area (Å²) >= 11 is 0. The minimum Gasteiger partial charge on any atom is -0.255 e. The van der Waals surface area contributed by atoms with Crippen LogP contribution >= 0.6 is 0 Å². The van der Waals surface area contributed by atoms with Crippen LogP contribution in [0.15, 0.2) is 18.3 Å². The maximum Gasteiger partial charge on any atom is 0.451 e. The first-order chi connectivity index (χ1) is 10.4. The SMILES string of the molecule is CC[Si](CC)(CC)c1ccnc(-c2n[nH]c(C(F)(F)F)n2)c1. The van der Waals surface area contributed by atoms with Gasteiger partial charge >= 0.3 is 6.18 Å². The van der Waals surface area contributed by atoms with Gasteiger partial charge in [0.2, 0.25) is 5.82 Å². The molecule has 0 radical (unpaired) electrons. The summed E-state index contributed by atoms with van der Waals surface area (Å²) < 4.78 is 37.8. The van der Waals surface area contributed by atoms with E-state index < -0.39 is 20.1 Å². The quantitative estimate of drug-likeness (QED) is 0.853. The van der Waals surface area contributed by atoms with Crippen molar-refractivity contribution in [2.45, 2.75) is 45.1 Å². The van der Waals surface area contributed by atoms with E-state index in [-0.39, 0.29) is 5.82 Å². The smallest absolute Gasteiger partial charge is 0.255 e. The number of halogens is 3. The zero-order chi connectivity index (χ0) is 16.4. The Bertz CT molecular complexity index is 627. The number of rotatable bonds is 5. The van der Waals surface area contributed by atoms with Gasteiger partial charge in [-0.1, -0.05) is 44.1 Å². The van der Waals surface area contributed by atoms with E-state index in [1.807, 2.05) is 17.2 Å². The molecule has 2 rings (SSSR count). The highest BCUT2D eigenvalue weighted by Crippen LogP contribution is 2.27. The summed E-state index contributed by atoms with van der Waals surface area (Å²) in [4.78, 5) is 7.64. The molecular formula is C14H19F3N4Si. The molecule has 120 valence electrons. The molecule has 0 fully saturated rings. The Kier molecular flexibility index (Phi) is 4.69. The Morgan fingerprint density at radius 3 is 2.27 bits per heavy atom. The average molecular weight is 328 g/mol. The van der Waals surface area contributed by atoms with E-state index in [0.29, 0.717) is 5.69 Å². The fraction of sp³-hybridized carbons (Fsp3) is 0.500. The molecule has 2 aromatic heterocycles. The summed E-state index contributed by atoms with van der Waals surface area (Å²) in [5.74, 6) is -1.11. The molecule has 0 unspecified atom stereocenters. The Balaban J connectivity index is 2.42. The zero-order valence-corrected chi connectivity index (χ0v) is 13.8. The van der Waals surface area contributed by atoms with Crippen molar-refractivity contribution in [3.63, 3.8) is 0 Å². The van der Waals surface area contributed by atoms with Crippen LogP contribution in [-0.2, 0) is 6.18 Å². The van der Waals surface area contributed by atoms with Crippen LogP contribution in [0.3, 0.4) is 0 Å². The maximum atomic E-state index is 12.6. The molecule has 0 spiro atoms. The Morgan fingerprint density at radius 1 is 1.14 bits per heavy atom. The fourth-order valence-corrected chi connectivity index (χ4v) is 6.34. The van der Waals surface area contributed by atoms with Crippen LogP contribution < -0.4 is 5.19 Å². The van der Waals surface area contributed by atoms with Crippen LogP contribution in [0.4, 0.5) is 13.2 Å². The predicted octanol–water partition coefficient (Wildman–Crippen LogP) is 3.60. The van der Waals surface area contributed by atoms with Gasteiger partial charge in [-0.25, -0.2) is 4.98 Å². The molecule has 22 heavy (non-hydrogen) atoms. The highest BCUT2D eigenvalue weighted by Gasteiger charge is 2.36. The molecule has 0 aliphatic heterocycles. The van der Waals surface area contributed by atoms with Crippen molar-refractivity contribution < 1.29 is 13.2 Å². The molecule has 0 atom stereocenters. The van der Waals surface area contributed by atoms with E-state index in [2.05, 4.69) is 35.8 Å². The molecule has 0 aromatic carbocycles. The number of nitrogens with zero attached hydrogens (tertiary/aromatic N) is 3. The number of nitrogens with one attached hydrogen (secondary N) is 1. The lowest BCUT2D eigenvalue weighted by Crippen LogP contribution is -2.45. The van der Waals surface area contributed by atoms with Gasteiger partial charge in [0.05, 0.1) is 8.07 Å². The summed E-state index contributed by atoms with van der Waals surface area (Å²) in [5.41, 5.74) is 0.386. The molecule has 2 aromatic rings. The number of alkyl halides is 3. The topological polar surface area (TPSA) is 54.5 Å². The lowest BCUT2D eigenvalue weighted by Gasteiger charge is -2.28. The number of hydrogen-bond acceptors (Lipinski definition) is 3. The normalized spacial score (nSPS) is 12.6. The van der Waals surface area contributed by atoms with Crippen LogP contribution in [0.1, 0.15) is 26.6 Å². The number of H-pyrrole nitrogens is 1. The van der Waals surface area contributed by atoms with Gasteiger partial charge in [0.25, 0.3) is 0 Å². The second-order valence-electron chi connectivity index (χ2n) is 5.28. The summed E-state index contributed by atoms with van der Waals surface area (Å²) in [7, 11) is -1.62. The molecule has 0 bridgehead atoms. The number of pyridine rings is 1. The van der Waals surface area contributed by atoms with Gasteiger partial charge in [-0.2, -0.15) is 18.3 Å². The highest BCUT2D eigenvalue weighted by atomic mass is 28.3. The predicted molar refractivity (Wildman–Crippen MR) is 81.4 cm³/mol. The van der Waals surface area contributed by atoms with Crippen molar-refractivity contribution in [1.82, 2.24) is 20.2 Å². The van der Waals surface area contributed by atoms with Gasteiger partial charge in [0, 0.05) is 6.20 Å². The average Bonchev–Trinajstić information content (AvgIpc) is 3.00. The molecule has 0 aliphatic carbocycles. The number of hydrogen-bond donors (Lipinski definition) is 1. The number of aromatic amines is 1. The number of aromatic nitrogens is 4. The summed E-state index contributed by atoms with van der Waals surface area (Å²) in [5, 5.41) is 6.78. The molecule has 0 saturated carbocycles. The van der Waals surface area contributed by atoms with Crippen LogP contribution in [0, 0.1) is 0 Å². The van der Waals surface area contributed by atoms with Crippen molar-refractivity contribution in [3.05, 3.63) is 24.2 Å². The van der Waals surface area contributed by atoms with E-state index >= 15 is 0 Å². The lowest BCUT2D eigenvalue weighted by molar-refractivity contribution is -0.144. The highest BCUT2D eigenvalue weighted by molar-refractivity contribution is 6.91. The van der Waals surface area contributed by atoms with E-state index in [1.165, 1.54) is 5.19 Å². The molecule has 4 nitrogen and oxygen atoms in total. The Morgan fingerprint density at radius 2 is 1.77 bits per heavy atom. The first-order valence-corrected chi connectivity index (χ1v) is 9.95. The third kappa shape index (κ3) is 3.06. The van der Waals surface area contributed by atoms with Crippen molar-refractivity contribution in [2.24, 2.45) is 0 Å². The van der Waals surface area contributed by atoms with Gasteiger partial charge < -0.3 is 0 Å². The first-order valence-electron chi connectivity index (χ1n) is 7.32. The van der Waals surface area contributed by atoms with E-state index in [9.17, 15) is 13.2 Å². The fourth-order valence-electron chi connectivity index (χ4n) is 2.75. The largest absolute Gasteiger partial charge is 0.451 e. The Labute approximate surface area is 128 Å². The lowest BCUT2D eigenvalue weighted by atomic mass is 10.3. The van der Waals surface area contributed by atoms with Gasteiger partial charge in [0.1, 0.15) is 5.69 Å². The van der Waals surface area contributed by atoms with Crippen LogP contribution in [-0.4, -0.2) is 28.2 Å². The minimum absolute atomic E-state index is 0.0135. The molecule has 0 saturated heterocycles. The van der Waals surface area contributed by atoms with Crippen LogP contribution in [0.25, 0.3) is 11.5 Å². The van der Waals surface area contributed by atoms with Crippen molar-refractivity contribution in [1.29, 1.82) is 0 Å². The molecule has 2 heterocycles. The Hall–Kier alpha value is -1.70. The second kappa shape index (κ2) is 6.19. The summed E-state index contributed by atoms with van der Waals surface area (Å²) in [6.07, 6.45) is -2.89. The molecule has 8 heteroatoms. The van der Waals surface area contributed by atoms with Crippen molar-refractivity contribution in [2.75, 3.05) is 0 Å². The van der Waals surface area contributed by atoms with Gasteiger partial charge in [0.15, 0.2) is 5.82 Å². The first kappa shape index (κ1) is 16.7. The second-order valence-corrected chi connectivity index (χ2v) is 10.5. The maximum absolute atomic E-state index is 12.6.